The molecule has 0 heterocycles. The number of rotatable bonds is 6. The van der Waals surface area contributed by atoms with Crippen molar-refractivity contribution in [1.82, 2.24) is 4.90 Å². The van der Waals surface area contributed by atoms with Gasteiger partial charge in [0.1, 0.15) is 0 Å². The number of carbonyl (C=O) groups excluding carboxylic acids is 1. The van der Waals surface area contributed by atoms with Gasteiger partial charge in [-0.1, -0.05) is 64.1 Å². The quantitative estimate of drug-likeness (QED) is 0.832. The molecule has 1 amide bonds. The minimum Gasteiger partial charge on any atom is -0.337 e. The Labute approximate surface area is 151 Å². The van der Waals surface area contributed by atoms with Crippen molar-refractivity contribution in [3.63, 3.8) is 0 Å². The van der Waals surface area contributed by atoms with Gasteiger partial charge in [-0.15, -0.1) is 0 Å². The van der Waals surface area contributed by atoms with E-state index in [1.165, 1.54) is 5.56 Å². The molecule has 3 heteroatoms. The van der Waals surface area contributed by atoms with Gasteiger partial charge < -0.3 is 10.6 Å². The minimum absolute atomic E-state index is 0.0616. The van der Waals surface area contributed by atoms with Crippen LogP contribution in [0.15, 0.2) is 42.5 Å². The van der Waals surface area contributed by atoms with Crippen LogP contribution in [-0.4, -0.2) is 17.9 Å². The first-order valence-electron chi connectivity index (χ1n) is 9.01. The van der Waals surface area contributed by atoms with Gasteiger partial charge in [0.2, 0.25) is 0 Å². The monoisotopic (exact) mass is 338 g/mol. The van der Waals surface area contributed by atoms with Gasteiger partial charge >= 0.3 is 0 Å². The average Bonchev–Trinajstić information content (AvgIpc) is 2.60. The SMILES string of the molecule is CC(C)c1ccc(CN(C)C(=O)c2ccccc2C(C)C)cc1CN. The van der Waals surface area contributed by atoms with Crippen LogP contribution in [0.25, 0.3) is 0 Å². The normalized spacial score (nSPS) is 11.2. The van der Waals surface area contributed by atoms with Gasteiger partial charge in [0, 0.05) is 25.7 Å². The van der Waals surface area contributed by atoms with Crippen molar-refractivity contribution < 1.29 is 4.79 Å². The Morgan fingerprint density at radius 1 is 1.00 bits per heavy atom. The first kappa shape index (κ1) is 19.2. The second-order valence-corrected chi connectivity index (χ2v) is 7.30. The molecule has 0 aliphatic carbocycles. The largest absolute Gasteiger partial charge is 0.337 e. The van der Waals surface area contributed by atoms with Crippen LogP contribution in [0.1, 0.15) is 72.1 Å². The molecule has 0 unspecified atom stereocenters. The first-order valence-corrected chi connectivity index (χ1v) is 9.01. The lowest BCUT2D eigenvalue weighted by Crippen LogP contribution is -2.27. The van der Waals surface area contributed by atoms with Gasteiger partial charge in [-0.05, 0) is 40.2 Å². The molecular formula is C22H30N2O. The molecular weight excluding hydrogens is 308 g/mol. The van der Waals surface area contributed by atoms with Gasteiger partial charge in [-0.25, -0.2) is 0 Å². The molecule has 25 heavy (non-hydrogen) atoms. The summed E-state index contributed by atoms with van der Waals surface area (Å²) in [4.78, 5) is 14.7. The van der Waals surface area contributed by atoms with E-state index in [2.05, 4.69) is 45.9 Å². The van der Waals surface area contributed by atoms with E-state index in [0.717, 1.165) is 22.3 Å². The third kappa shape index (κ3) is 4.49. The Hall–Kier alpha value is -2.13. The number of hydrogen-bond donors (Lipinski definition) is 1. The van der Waals surface area contributed by atoms with Crippen LogP contribution in [0, 0.1) is 0 Å². The molecule has 0 spiro atoms. The molecule has 0 bridgehead atoms. The fraction of sp³-hybridized carbons (Fsp3) is 0.409. The Balaban J connectivity index is 2.22. The van der Waals surface area contributed by atoms with E-state index in [1.807, 2.05) is 31.3 Å². The molecule has 134 valence electrons. The van der Waals surface area contributed by atoms with E-state index < -0.39 is 0 Å². The summed E-state index contributed by atoms with van der Waals surface area (Å²) >= 11 is 0. The average molecular weight is 338 g/mol. The summed E-state index contributed by atoms with van der Waals surface area (Å²) in [7, 11) is 1.86. The molecule has 0 aliphatic heterocycles. The maximum atomic E-state index is 12.9. The number of amides is 1. The predicted molar refractivity (Wildman–Crippen MR) is 105 cm³/mol. The molecule has 2 aromatic carbocycles. The highest BCUT2D eigenvalue weighted by Crippen LogP contribution is 2.23. The summed E-state index contributed by atoms with van der Waals surface area (Å²) in [5.74, 6) is 0.833. The topological polar surface area (TPSA) is 46.3 Å². The molecule has 3 nitrogen and oxygen atoms in total. The van der Waals surface area contributed by atoms with E-state index in [1.54, 1.807) is 4.90 Å². The molecule has 2 rings (SSSR count). The summed E-state index contributed by atoms with van der Waals surface area (Å²) in [6.07, 6.45) is 0. The number of hydrogen-bond acceptors (Lipinski definition) is 2. The predicted octanol–water partition coefficient (Wildman–Crippen LogP) is 4.66. The van der Waals surface area contributed by atoms with Crippen LogP contribution < -0.4 is 5.73 Å². The van der Waals surface area contributed by atoms with Gasteiger partial charge in [-0.2, -0.15) is 0 Å². The fourth-order valence-corrected chi connectivity index (χ4v) is 3.24. The van der Waals surface area contributed by atoms with Crippen LogP contribution in [0.5, 0.6) is 0 Å². The van der Waals surface area contributed by atoms with Crippen LogP contribution in [0.4, 0.5) is 0 Å². The third-order valence-corrected chi connectivity index (χ3v) is 4.63. The lowest BCUT2D eigenvalue weighted by molar-refractivity contribution is 0.0783. The first-order chi connectivity index (χ1) is 11.8. The highest BCUT2D eigenvalue weighted by atomic mass is 16.2. The molecule has 2 N–H and O–H groups in total. The molecule has 2 aromatic rings. The van der Waals surface area contributed by atoms with Crippen molar-refractivity contribution >= 4 is 5.91 Å². The van der Waals surface area contributed by atoms with Crippen molar-refractivity contribution in [1.29, 1.82) is 0 Å². The Kier molecular flexibility index (Phi) is 6.38. The zero-order valence-corrected chi connectivity index (χ0v) is 16.0. The van der Waals surface area contributed by atoms with Crippen molar-refractivity contribution in [2.45, 2.75) is 52.6 Å². The van der Waals surface area contributed by atoms with Gasteiger partial charge in [0.25, 0.3) is 5.91 Å². The number of nitrogens with two attached hydrogens (primary N) is 1. The van der Waals surface area contributed by atoms with Crippen LogP contribution in [0.2, 0.25) is 0 Å². The minimum atomic E-state index is 0.0616. The highest BCUT2D eigenvalue weighted by Gasteiger charge is 2.17. The van der Waals surface area contributed by atoms with Gasteiger partial charge in [0.05, 0.1) is 0 Å². The molecule has 0 atom stereocenters. The molecule has 0 fully saturated rings. The zero-order chi connectivity index (χ0) is 18.6. The zero-order valence-electron chi connectivity index (χ0n) is 16.0. The van der Waals surface area contributed by atoms with E-state index >= 15 is 0 Å². The second kappa shape index (κ2) is 8.30. The Morgan fingerprint density at radius 3 is 2.24 bits per heavy atom. The highest BCUT2D eigenvalue weighted by molar-refractivity contribution is 5.95. The van der Waals surface area contributed by atoms with E-state index in [0.29, 0.717) is 24.9 Å². The van der Waals surface area contributed by atoms with E-state index in [9.17, 15) is 4.79 Å². The fourth-order valence-electron chi connectivity index (χ4n) is 3.24. The third-order valence-electron chi connectivity index (χ3n) is 4.63. The van der Waals surface area contributed by atoms with Crippen LogP contribution in [0.3, 0.4) is 0 Å². The Morgan fingerprint density at radius 2 is 1.64 bits per heavy atom. The standard InChI is InChI=1S/C22H30N2O/c1-15(2)19-11-10-17(12-18(19)13-23)14-24(5)22(25)21-9-7-6-8-20(21)16(3)4/h6-12,15-16H,13-14,23H2,1-5H3. The van der Waals surface area contributed by atoms with Gasteiger partial charge in [0.15, 0.2) is 0 Å². The van der Waals surface area contributed by atoms with E-state index in [4.69, 9.17) is 5.73 Å². The van der Waals surface area contributed by atoms with Crippen molar-refractivity contribution in [2.24, 2.45) is 5.73 Å². The lowest BCUT2D eigenvalue weighted by atomic mass is 9.94. The van der Waals surface area contributed by atoms with Crippen molar-refractivity contribution in [2.75, 3.05) is 7.05 Å². The second-order valence-electron chi connectivity index (χ2n) is 7.30. The number of carbonyl (C=O) groups is 1. The van der Waals surface area contributed by atoms with Gasteiger partial charge in [-0.3, -0.25) is 4.79 Å². The van der Waals surface area contributed by atoms with Crippen LogP contribution in [-0.2, 0) is 13.1 Å². The smallest absolute Gasteiger partial charge is 0.254 e. The number of benzene rings is 2. The summed E-state index contributed by atoms with van der Waals surface area (Å²) in [5, 5.41) is 0. The summed E-state index contributed by atoms with van der Waals surface area (Å²) in [6, 6.07) is 14.3. The van der Waals surface area contributed by atoms with Crippen molar-refractivity contribution in [3.05, 3.63) is 70.3 Å². The Bertz CT molecular complexity index is 735. The maximum Gasteiger partial charge on any atom is 0.254 e. The summed E-state index contributed by atoms with van der Waals surface area (Å²) < 4.78 is 0. The maximum absolute atomic E-state index is 12.9. The van der Waals surface area contributed by atoms with Crippen molar-refractivity contribution in [3.8, 4) is 0 Å². The lowest BCUT2D eigenvalue weighted by Gasteiger charge is -2.21. The summed E-state index contributed by atoms with van der Waals surface area (Å²) in [5.41, 5.74) is 11.4. The number of nitrogens with zero attached hydrogens (tertiary/aromatic N) is 1. The summed E-state index contributed by atoms with van der Waals surface area (Å²) in [6.45, 7) is 9.68. The molecule has 0 radical (unpaired) electrons. The van der Waals surface area contributed by atoms with Crippen LogP contribution >= 0.6 is 0 Å². The molecule has 0 aromatic heterocycles. The molecule has 0 aliphatic rings. The molecule has 0 saturated carbocycles. The molecule has 0 saturated heterocycles. The van der Waals surface area contributed by atoms with E-state index in [-0.39, 0.29) is 5.91 Å².